The minimum atomic E-state index is -1.38. The zero-order chi connectivity index (χ0) is 20.7. The first kappa shape index (κ1) is 23.4. The van der Waals surface area contributed by atoms with Crippen molar-refractivity contribution in [2.45, 2.75) is 52.4 Å². The molecule has 0 aromatic rings. The van der Waals surface area contributed by atoms with Crippen molar-refractivity contribution in [2.24, 2.45) is 5.41 Å². The van der Waals surface area contributed by atoms with E-state index in [1.165, 1.54) is 13.8 Å². The maximum atomic E-state index is 12.5. The van der Waals surface area contributed by atoms with Gasteiger partial charge in [0.05, 0.1) is 13.0 Å². The summed E-state index contributed by atoms with van der Waals surface area (Å²) in [7, 11) is 0. The van der Waals surface area contributed by atoms with Crippen molar-refractivity contribution >= 4 is 34.7 Å². The van der Waals surface area contributed by atoms with Gasteiger partial charge < -0.3 is 25.2 Å². The molecule has 0 saturated carbocycles. The molecule has 1 rings (SSSR count). The van der Waals surface area contributed by atoms with E-state index in [-0.39, 0.29) is 37.0 Å². The fraction of sp³-hybridized carbons (Fsp3) is 0.765. The van der Waals surface area contributed by atoms with Gasteiger partial charge in [-0.25, -0.2) is 0 Å². The van der Waals surface area contributed by atoms with Gasteiger partial charge in [0.2, 0.25) is 11.8 Å². The third kappa shape index (κ3) is 8.27. The first-order valence-electron chi connectivity index (χ1n) is 8.66. The van der Waals surface area contributed by atoms with E-state index in [0.29, 0.717) is 12.3 Å². The highest BCUT2D eigenvalue weighted by Gasteiger charge is 2.48. The van der Waals surface area contributed by atoms with Crippen LogP contribution in [0.25, 0.3) is 0 Å². The number of thioether (sulfide) groups is 1. The Labute approximate surface area is 162 Å². The highest BCUT2D eigenvalue weighted by atomic mass is 32.2. The maximum Gasteiger partial charge on any atom is 0.308 e. The van der Waals surface area contributed by atoms with Gasteiger partial charge >= 0.3 is 5.97 Å². The van der Waals surface area contributed by atoms with Crippen molar-refractivity contribution in [3.05, 3.63) is 0 Å². The van der Waals surface area contributed by atoms with E-state index in [2.05, 4.69) is 10.6 Å². The van der Waals surface area contributed by atoms with E-state index in [1.54, 1.807) is 13.8 Å². The quantitative estimate of drug-likeness (QED) is 0.474. The van der Waals surface area contributed by atoms with Crippen LogP contribution in [0.15, 0.2) is 0 Å². The number of amides is 2. The summed E-state index contributed by atoms with van der Waals surface area (Å²) in [5.41, 5.74) is -0.645. The lowest BCUT2D eigenvalue weighted by Gasteiger charge is -2.45. The fourth-order valence-corrected chi connectivity index (χ4v) is 2.99. The van der Waals surface area contributed by atoms with Crippen molar-refractivity contribution in [3.63, 3.8) is 0 Å². The molecular weight excluding hydrogens is 376 g/mol. The van der Waals surface area contributed by atoms with E-state index in [0.717, 1.165) is 11.8 Å². The first-order valence-corrected chi connectivity index (χ1v) is 9.65. The maximum absolute atomic E-state index is 12.5. The number of ether oxygens (including phenoxy) is 2. The molecule has 1 heterocycles. The average molecular weight is 404 g/mol. The van der Waals surface area contributed by atoms with E-state index in [1.807, 2.05) is 0 Å². The van der Waals surface area contributed by atoms with Gasteiger partial charge in [-0.2, -0.15) is 0 Å². The molecule has 1 aliphatic heterocycles. The molecule has 2 amide bonds. The van der Waals surface area contributed by atoms with Crippen LogP contribution in [-0.2, 0) is 28.7 Å². The number of nitrogens with one attached hydrogen (secondary N) is 2. The number of hydrogen-bond acceptors (Lipinski definition) is 7. The second kappa shape index (κ2) is 10.0. The number of hydrogen-bond donors (Lipinski definition) is 3. The Morgan fingerprint density at radius 2 is 1.81 bits per heavy atom. The van der Waals surface area contributed by atoms with Gasteiger partial charge in [-0.1, -0.05) is 25.6 Å². The second-order valence-corrected chi connectivity index (χ2v) is 8.48. The Bertz CT molecular complexity index is 582. The lowest BCUT2D eigenvalue weighted by Crippen LogP contribution is -2.58. The Morgan fingerprint density at radius 3 is 2.41 bits per heavy atom. The van der Waals surface area contributed by atoms with Crippen molar-refractivity contribution in [1.82, 2.24) is 10.6 Å². The molecule has 0 spiro atoms. The van der Waals surface area contributed by atoms with E-state index < -0.39 is 29.2 Å². The van der Waals surface area contributed by atoms with Gasteiger partial charge in [-0.3, -0.25) is 19.2 Å². The van der Waals surface area contributed by atoms with E-state index in [4.69, 9.17) is 14.6 Å². The van der Waals surface area contributed by atoms with Gasteiger partial charge in [0.15, 0.2) is 10.9 Å². The van der Waals surface area contributed by atoms with Crippen LogP contribution in [-0.4, -0.2) is 65.3 Å². The molecule has 0 aromatic carbocycles. The van der Waals surface area contributed by atoms with Crippen molar-refractivity contribution in [1.29, 1.82) is 0 Å². The Hall–Kier alpha value is -1.65. The standard InChI is InChI=1S/C17H28N2O7S/c1-11(20)27-8-7-18-12(21)5-6-19-15(24)14-16(2,3)10-25-17(4,26-14)9-13(22)23/h14H,5-10H2,1-4H3,(H,18,21)(H,19,24)(H,22,23)/t14-,17?/m0/s1. The Kier molecular flexibility index (Phi) is 8.70. The fourth-order valence-electron chi connectivity index (χ4n) is 2.50. The van der Waals surface area contributed by atoms with Crippen LogP contribution in [0, 0.1) is 5.41 Å². The Balaban J connectivity index is 2.46. The van der Waals surface area contributed by atoms with Crippen LogP contribution in [0.1, 0.15) is 40.5 Å². The summed E-state index contributed by atoms with van der Waals surface area (Å²) in [5, 5.41) is 14.3. The topological polar surface area (TPSA) is 131 Å². The van der Waals surface area contributed by atoms with Crippen LogP contribution < -0.4 is 10.6 Å². The zero-order valence-corrected chi connectivity index (χ0v) is 16.9. The summed E-state index contributed by atoms with van der Waals surface area (Å²) in [4.78, 5) is 46.0. The summed E-state index contributed by atoms with van der Waals surface area (Å²) in [6, 6.07) is 0. The molecule has 3 N–H and O–H groups in total. The second-order valence-electron chi connectivity index (χ2n) is 7.21. The molecule has 0 radical (unpaired) electrons. The predicted molar refractivity (Wildman–Crippen MR) is 99.0 cm³/mol. The summed E-state index contributed by atoms with van der Waals surface area (Å²) in [5.74, 6) is -2.62. The number of carboxylic acids is 1. The molecule has 10 heteroatoms. The molecule has 9 nitrogen and oxygen atoms in total. The monoisotopic (exact) mass is 404 g/mol. The van der Waals surface area contributed by atoms with Crippen LogP contribution in [0.2, 0.25) is 0 Å². The molecule has 2 atom stereocenters. The lowest BCUT2D eigenvalue weighted by atomic mass is 9.85. The number of aliphatic carboxylic acids is 1. The first-order chi connectivity index (χ1) is 12.4. The Morgan fingerprint density at radius 1 is 1.15 bits per heavy atom. The smallest absolute Gasteiger partial charge is 0.308 e. The number of carboxylic acid groups (broad SMARTS) is 1. The largest absolute Gasteiger partial charge is 0.481 e. The number of carbonyl (C=O) groups is 4. The van der Waals surface area contributed by atoms with Crippen molar-refractivity contribution in [3.8, 4) is 0 Å². The van der Waals surface area contributed by atoms with Crippen LogP contribution in [0.5, 0.6) is 0 Å². The van der Waals surface area contributed by atoms with Crippen LogP contribution in [0.4, 0.5) is 0 Å². The molecule has 1 unspecified atom stereocenters. The molecule has 1 fully saturated rings. The number of rotatable bonds is 9. The van der Waals surface area contributed by atoms with E-state index >= 15 is 0 Å². The summed E-state index contributed by atoms with van der Waals surface area (Å²) in [6.45, 7) is 7.20. The lowest BCUT2D eigenvalue weighted by molar-refractivity contribution is -0.313. The zero-order valence-electron chi connectivity index (χ0n) is 16.1. The van der Waals surface area contributed by atoms with Gasteiger partial charge in [0.1, 0.15) is 6.10 Å². The summed E-state index contributed by atoms with van der Waals surface area (Å²) < 4.78 is 11.2. The van der Waals surface area contributed by atoms with Gasteiger partial charge in [-0.15, -0.1) is 0 Å². The predicted octanol–water partition coefficient (Wildman–Crippen LogP) is 0.521. The highest BCUT2D eigenvalue weighted by Crippen LogP contribution is 2.36. The third-order valence-electron chi connectivity index (χ3n) is 3.92. The van der Waals surface area contributed by atoms with Gasteiger partial charge in [0, 0.05) is 37.6 Å². The molecular formula is C17H28N2O7S. The third-order valence-corrected chi connectivity index (χ3v) is 4.73. The van der Waals surface area contributed by atoms with Gasteiger partial charge in [-0.05, 0) is 6.92 Å². The van der Waals surface area contributed by atoms with E-state index in [9.17, 15) is 19.2 Å². The molecule has 154 valence electrons. The van der Waals surface area contributed by atoms with Crippen LogP contribution >= 0.6 is 11.8 Å². The average Bonchev–Trinajstić information content (AvgIpc) is 2.53. The molecule has 0 aromatic heterocycles. The summed E-state index contributed by atoms with van der Waals surface area (Å²) >= 11 is 1.13. The van der Waals surface area contributed by atoms with Crippen LogP contribution in [0.3, 0.4) is 0 Å². The van der Waals surface area contributed by atoms with Crippen molar-refractivity contribution in [2.75, 3.05) is 25.4 Å². The van der Waals surface area contributed by atoms with Crippen molar-refractivity contribution < 1.29 is 33.8 Å². The number of carbonyl (C=O) groups excluding carboxylic acids is 3. The molecule has 0 bridgehead atoms. The molecule has 27 heavy (non-hydrogen) atoms. The molecule has 1 aliphatic rings. The normalized spacial score (nSPS) is 24.1. The van der Waals surface area contributed by atoms with Gasteiger partial charge in [0.25, 0.3) is 0 Å². The minimum absolute atomic E-state index is 0.00881. The SMILES string of the molecule is CC(=O)SCCNC(=O)CCNC(=O)[C@@H]1OC(C)(CC(=O)O)OCC1(C)C. The minimum Gasteiger partial charge on any atom is -0.481 e. The highest BCUT2D eigenvalue weighted by molar-refractivity contribution is 8.13. The molecule has 1 saturated heterocycles. The summed E-state index contributed by atoms with van der Waals surface area (Å²) in [6.07, 6.45) is -1.19. The molecule has 0 aliphatic carbocycles.